The van der Waals surface area contributed by atoms with Crippen LogP contribution in [-0.4, -0.2) is 15.9 Å². The Balaban J connectivity index is 0.000000324. The molecule has 5 aromatic rings. The number of aliphatic hydroxyl groups is 1. The van der Waals surface area contributed by atoms with Gasteiger partial charge in [0.1, 0.15) is 5.76 Å². The fourth-order valence-electron chi connectivity index (χ4n) is 4.78. The average molecular weight is 777 g/mol. The first-order valence-corrected chi connectivity index (χ1v) is 14.1. The number of halogens is 3. The van der Waals surface area contributed by atoms with E-state index in [2.05, 4.69) is 23.2 Å². The Kier molecular flexibility index (Phi) is 10.2. The Morgan fingerprint density at radius 3 is 1.93 bits per heavy atom. The van der Waals surface area contributed by atoms with Crippen molar-refractivity contribution < 1.29 is 43.2 Å². The molecule has 0 aliphatic heterocycles. The van der Waals surface area contributed by atoms with Gasteiger partial charge in [0, 0.05) is 43.2 Å². The van der Waals surface area contributed by atoms with Gasteiger partial charge in [-0.05, 0) is 56.2 Å². The zero-order valence-electron chi connectivity index (χ0n) is 26.2. The maximum atomic E-state index is 13.1. The van der Waals surface area contributed by atoms with Gasteiger partial charge in [0.05, 0.1) is 5.56 Å². The Morgan fingerprint density at radius 2 is 1.34 bits per heavy atom. The maximum Gasteiger partial charge on any atom is 0.416 e. The number of carbonyl (C=O) groups is 1. The summed E-state index contributed by atoms with van der Waals surface area (Å²) in [6.07, 6.45) is -1.24. The zero-order valence-corrected chi connectivity index (χ0v) is 28.6. The van der Waals surface area contributed by atoms with E-state index < -0.39 is 17.2 Å². The van der Waals surface area contributed by atoms with Crippen LogP contribution in [0.5, 0.6) is 0 Å². The number of aromatic nitrogens is 1. The molecule has 0 aliphatic rings. The minimum Gasteiger partial charge on any atom is -0.512 e. The number of aliphatic hydroxyl groups excluding tert-OH is 1. The fourth-order valence-corrected chi connectivity index (χ4v) is 4.78. The Morgan fingerprint density at radius 1 is 0.773 bits per heavy atom. The Bertz CT molecular complexity index is 1860. The van der Waals surface area contributed by atoms with Crippen LogP contribution >= 0.6 is 0 Å². The van der Waals surface area contributed by atoms with E-state index in [-0.39, 0.29) is 37.1 Å². The summed E-state index contributed by atoms with van der Waals surface area (Å²) in [4.78, 5) is 16.1. The normalized spacial score (nSPS) is 12.6. The molecule has 5 rings (SSSR count). The van der Waals surface area contributed by atoms with Gasteiger partial charge < -0.3 is 10.1 Å². The van der Waals surface area contributed by atoms with Crippen molar-refractivity contribution in [2.75, 3.05) is 0 Å². The van der Waals surface area contributed by atoms with Crippen molar-refractivity contribution in [1.29, 1.82) is 0 Å². The van der Waals surface area contributed by atoms with E-state index in [0.29, 0.717) is 5.39 Å². The van der Waals surface area contributed by atoms with Crippen molar-refractivity contribution in [2.24, 2.45) is 10.8 Å². The number of aryl methyl sites for hydroxylation is 2. The number of hydrogen-bond acceptors (Lipinski definition) is 3. The van der Waals surface area contributed by atoms with Gasteiger partial charge in [-0.3, -0.25) is 4.79 Å². The van der Waals surface area contributed by atoms with Gasteiger partial charge in [0.2, 0.25) is 0 Å². The number of ketones is 1. The molecular formula is C37H37F3IrNO2-. The van der Waals surface area contributed by atoms with Crippen molar-refractivity contribution in [3.63, 3.8) is 0 Å². The van der Waals surface area contributed by atoms with Crippen LogP contribution in [0.2, 0.25) is 0 Å². The molecular weight excluding hydrogens is 740 g/mol. The molecule has 44 heavy (non-hydrogen) atoms. The predicted molar refractivity (Wildman–Crippen MR) is 170 cm³/mol. The number of fused-ring (bicyclic) bond motifs is 5. The summed E-state index contributed by atoms with van der Waals surface area (Å²) in [5.74, 6) is 0.104. The molecule has 4 aromatic carbocycles. The number of carbonyl (C=O) groups excluding carboxylic acids is 1. The summed E-state index contributed by atoms with van der Waals surface area (Å²) in [7, 11) is 0. The summed E-state index contributed by atoms with van der Waals surface area (Å²) in [6, 6.07) is 21.0. The minimum atomic E-state index is -4.35. The second-order valence-electron chi connectivity index (χ2n) is 13.1. The van der Waals surface area contributed by atoms with Gasteiger partial charge in [-0.25, -0.2) is 0 Å². The fraction of sp³-hybridized carbons (Fsp3) is 0.297. The summed E-state index contributed by atoms with van der Waals surface area (Å²) in [6.45, 7) is 15.2. The summed E-state index contributed by atoms with van der Waals surface area (Å²) in [5, 5.41) is 14.9. The number of rotatable bonds is 2. The number of allylic oxidation sites excluding steroid dienone is 2. The van der Waals surface area contributed by atoms with Crippen molar-refractivity contribution in [2.45, 2.75) is 61.6 Å². The monoisotopic (exact) mass is 777 g/mol. The molecule has 0 fully saturated rings. The molecule has 233 valence electrons. The molecule has 1 radical (unpaired) electrons. The molecule has 0 saturated heterocycles. The number of nitrogens with zero attached hydrogens (tertiary/aromatic N) is 1. The van der Waals surface area contributed by atoms with Gasteiger partial charge in [-0.15, -0.1) is 34.9 Å². The van der Waals surface area contributed by atoms with Gasteiger partial charge >= 0.3 is 6.18 Å². The number of benzene rings is 4. The van der Waals surface area contributed by atoms with E-state index in [1.165, 1.54) is 12.1 Å². The van der Waals surface area contributed by atoms with Crippen molar-refractivity contribution in [3.8, 4) is 11.3 Å². The van der Waals surface area contributed by atoms with Crippen LogP contribution in [-0.2, 0) is 31.1 Å². The van der Waals surface area contributed by atoms with E-state index in [4.69, 9.17) is 0 Å². The third-order valence-electron chi connectivity index (χ3n) is 7.26. The van der Waals surface area contributed by atoms with Gasteiger partial charge in [0.15, 0.2) is 5.78 Å². The van der Waals surface area contributed by atoms with Crippen LogP contribution in [0.1, 0.15) is 58.2 Å². The third-order valence-corrected chi connectivity index (χ3v) is 7.26. The van der Waals surface area contributed by atoms with E-state index >= 15 is 0 Å². The second kappa shape index (κ2) is 12.8. The minimum absolute atomic E-state index is 0. The van der Waals surface area contributed by atoms with Crippen LogP contribution in [0.25, 0.3) is 43.6 Å². The van der Waals surface area contributed by atoms with Gasteiger partial charge in [-0.2, -0.15) is 13.2 Å². The van der Waals surface area contributed by atoms with E-state index in [1.54, 1.807) is 18.3 Å². The standard InChI is InChI=1S/C26H17F3N.C11H20O2.Ir/c1-15-11-16(2)13-18(12-15)25-24-8-7-21-20-6-4-19(26(27,28)29)14-17(20)3-5-22(21)23(24)9-10-30-25;1-10(2,3)8(12)7-9(13)11(4,5)6;/h3-12,14H,1-2H3;7,12H,1-6H3;/q-1;;/b;8-7-;. The number of pyridine rings is 1. The largest absolute Gasteiger partial charge is 0.512 e. The van der Waals surface area contributed by atoms with E-state index in [0.717, 1.165) is 55.4 Å². The number of alkyl halides is 3. The van der Waals surface area contributed by atoms with Crippen LogP contribution in [0.4, 0.5) is 13.2 Å². The van der Waals surface area contributed by atoms with Crippen LogP contribution in [0, 0.1) is 30.7 Å². The first-order valence-electron chi connectivity index (χ1n) is 14.1. The zero-order chi connectivity index (χ0) is 31.9. The molecule has 0 bridgehead atoms. The number of hydrogen-bond donors (Lipinski definition) is 1. The van der Waals surface area contributed by atoms with Crippen molar-refractivity contribution in [3.05, 3.63) is 101 Å². The molecule has 0 spiro atoms. The Hall–Kier alpha value is -3.54. The summed E-state index contributed by atoms with van der Waals surface area (Å²) >= 11 is 0. The molecule has 3 nitrogen and oxygen atoms in total. The molecule has 1 N–H and O–H groups in total. The first kappa shape index (κ1) is 34.9. The SMILES string of the molecule is CC(C)(C)C(=O)/C=C(\O)C(C)(C)C.Cc1[c-]c(-c2nccc3c2ccc2c4ccc(C(F)(F)F)cc4ccc32)cc(C)c1.[Ir]. The Labute approximate surface area is 270 Å². The van der Waals surface area contributed by atoms with Gasteiger partial charge in [-0.1, -0.05) is 85.7 Å². The molecule has 1 aromatic heterocycles. The molecule has 0 atom stereocenters. The molecule has 0 unspecified atom stereocenters. The summed E-state index contributed by atoms with van der Waals surface area (Å²) < 4.78 is 39.3. The molecule has 0 aliphatic carbocycles. The second-order valence-corrected chi connectivity index (χ2v) is 13.1. The van der Waals surface area contributed by atoms with Crippen LogP contribution < -0.4 is 0 Å². The smallest absolute Gasteiger partial charge is 0.416 e. The molecule has 1 heterocycles. The van der Waals surface area contributed by atoms with Crippen LogP contribution in [0.15, 0.2) is 78.7 Å². The first-order chi connectivity index (χ1) is 19.9. The summed E-state index contributed by atoms with van der Waals surface area (Å²) in [5.41, 5.74) is 2.59. The average Bonchev–Trinajstić information content (AvgIpc) is 2.90. The van der Waals surface area contributed by atoms with Gasteiger partial charge in [0.25, 0.3) is 0 Å². The predicted octanol–water partition coefficient (Wildman–Crippen LogP) is 10.7. The van der Waals surface area contributed by atoms with Crippen molar-refractivity contribution >= 4 is 38.1 Å². The van der Waals surface area contributed by atoms with Crippen molar-refractivity contribution in [1.82, 2.24) is 4.98 Å². The maximum absolute atomic E-state index is 13.1. The molecule has 0 amide bonds. The van der Waals surface area contributed by atoms with E-state index in [9.17, 15) is 23.1 Å². The van der Waals surface area contributed by atoms with Crippen LogP contribution in [0.3, 0.4) is 0 Å². The topological polar surface area (TPSA) is 50.2 Å². The molecule has 0 saturated carbocycles. The van der Waals surface area contributed by atoms with E-state index in [1.807, 2.05) is 79.7 Å². The molecule has 7 heteroatoms. The quantitative estimate of drug-likeness (QED) is 0.0841. The third kappa shape index (κ3) is 7.75.